The predicted molar refractivity (Wildman–Crippen MR) is 87.8 cm³/mol. The van der Waals surface area contributed by atoms with Crippen LogP contribution in [-0.2, 0) is 12.8 Å². The van der Waals surface area contributed by atoms with E-state index in [1.165, 1.54) is 17.7 Å². The molecule has 0 aliphatic carbocycles. The maximum absolute atomic E-state index is 10.9. The Labute approximate surface area is 136 Å². The molecule has 0 aromatic heterocycles. The lowest BCUT2D eigenvalue weighted by Crippen LogP contribution is -2.04. The second kappa shape index (κ2) is 7.46. The molecule has 0 fully saturated rings. The quantitative estimate of drug-likeness (QED) is 0.881. The van der Waals surface area contributed by atoms with Crippen LogP contribution in [0.4, 0.5) is 0 Å². The standard InChI is InChI=1S/C19H19NO3/c1-3-13-4-9-18(23-2)16(10-13)11-17(12-20)14-5-7-15(8-6-14)19(21)22/h4-10,17H,3,11H2,1-2H3,(H,21,22). The molecule has 0 heterocycles. The van der Waals surface area contributed by atoms with E-state index in [2.05, 4.69) is 19.1 Å². The first-order valence-electron chi connectivity index (χ1n) is 7.47. The number of carboxylic acid groups (broad SMARTS) is 1. The molecule has 0 radical (unpaired) electrons. The van der Waals surface area contributed by atoms with Crippen molar-refractivity contribution in [3.05, 3.63) is 64.7 Å². The smallest absolute Gasteiger partial charge is 0.335 e. The Balaban J connectivity index is 2.29. The summed E-state index contributed by atoms with van der Waals surface area (Å²) in [4.78, 5) is 10.9. The number of ether oxygens (including phenoxy) is 1. The molecule has 4 nitrogen and oxygen atoms in total. The van der Waals surface area contributed by atoms with E-state index in [4.69, 9.17) is 9.84 Å². The van der Waals surface area contributed by atoms with Gasteiger partial charge in [0, 0.05) is 0 Å². The van der Waals surface area contributed by atoms with E-state index in [-0.39, 0.29) is 11.5 Å². The SMILES string of the molecule is CCc1ccc(OC)c(CC(C#N)c2ccc(C(=O)O)cc2)c1. The summed E-state index contributed by atoms with van der Waals surface area (Å²) in [7, 11) is 1.62. The van der Waals surface area contributed by atoms with E-state index in [0.29, 0.717) is 6.42 Å². The molecule has 118 valence electrons. The first kappa shape index (κ1) is 16.6. The molecule has 0 aliphatic rings. The van der Waals surface area contributed by atoms with Crippen LogP contribution in [0.25, 0.3) is 0 Å². The van der Waals surface area contributed by atoms with E-state index in [9.17, 15) is 10.1 Å². The fourth-order valence-electron chi connectivity index (χ4n) is 2.53. The van der Waals surface area contributed by atoms with Gasteiger partial charge in [-0.2, -0.15) is 5.26 Å². The molecule has 0 aliphatic heterocycles. The van der Waals surface area contributed by atoms with E-state index < -0.39 is 5.97 Å². The third kappa shape index (κ3) is 3.89. The van der Waals surface area contributed by atoms with Gasteiger partial charge < -0.3 is 9.84 Å². The molecular weight excluding hydrogens is 290 g/mol. The summed E-state index contributed by atoms with van der Waals surface area (Å²) in [5.74, 6) is -0.550. The van der Waals surface area contributed by atoms with Gasteiger partial charge in [-0.3, -0.25) is 0 Å². The Bertz CT molecular complexity index is 729. The summed E-state index contributed by atoms with van der Waals surface area (Å²) in [5.41, 5.74) is 3.21. The number of hydrogen-bond donors (Lipinski definition) is 1. The first-order valence-corrected chi connectivity index (χ1v) is 7.47. The Kier molecular flexibility index (Phi) is 5.37. The van der Waals surface area contributed by atoms with Crippen LogP contribution in [0.5, 0.6) is 5.75 Å². The lowest BCUT2D eigenvalue weighted by atomic mass is 9.91. The minimum absolute atomic E-state index is 0.219. The number of nitrogens with zero attached hydrogens (tertiary/aromatic N) is 1. The Morgan fingerprint density at radius 1 is 1.26 bits per heavy atom. The van der Waals surface area contributed by atoms with Gasteiger partial charge in [0.15, 0.2) is 0 Å². The maximum atomic E-state index is 10.9. The molecule has 1 atom stereocenters. The Morgan fingerprint density at radius 2 is 1.96 bits per heavy atom. The van der Waals surface area contributed by atoms with E-state index >= 15 is 0 Å². The van der Waals surface area contributed by atoms with Crippen molar-refractivity contribution in [1.29, 1.82) is 5.26 Å². The van der Waals surface area contributed by atoms with Gasteiger partial charge in [0.05, 0.1) is 24.7 Å². The number of rotatable bonds is 6. The van der Waals surface area contributed by atoms with Gasteiger partial charge in [-0.05, 0) is 47.7 Å². The van der Waals surface area contributed by atoms with Crippen molar-refractivity contribution in [2.45, 2.75) is 25.7 Å². The minimum Gasteiger partial charge on any atom is -0.496 e. The number of aryl methyl sites for hydroxylation is 1. The van der Waals surface area contributed by atoms with Crippen LogP contribution in [0, 0.1) is 11.3 Å². The third-order valence-electron chi connectivity index (χ3n) is 3.89. The fraction of sp³-hybridized carbons (Fsp3) is 0.263. The number of aromatic carboxylic acids is 1. The molecule has 0 spiro atoms. The van der Waals surface area contributed by atoms with Crippen molar-refractivity contribution >= 4 is 5.97 Å². The predicted octanol–water partition coefficient (Wildman–Crippen LogP) is 3.81. The van der Waals surface area contributed by atoms with E-state index in [0.717, 1.165) is 23.3 Å². The Hall–Kier alpha value is -2.80. The van der Waals surface area contributed by atoms with Crippen LogP contribution in [0.1, 0.15) is 39.9 Å². The average Bonchev–Trinajstić information content (AvgIpc) is 2.59. The molecule has 2 rings (SSSR count). The van der Waals surface area contributed by atoms with Crippen molar-refractivity contribution in [2.75, 3.05) is 7.11 Å². The molecular formula is C19H19NO3. The van der Waals surface area contributed by atoms with E-state index in [1.807, 2.05) is 12.1 Å². The number of hydrogen-bond acceptors (Lipinski definition) is 3. The van der Waals surface area contributed by atoms with Gasteiger partial charge in [0.1, 0.15) is 5.75 Å². The third-order valence-corrected chi connectivity index (χ3v) is 3.89. The number of carbonyl (C=O) groups is 1. The highest BCUT2D eigenvalue weighted by Gasteiger charge is 2.15. The van der Waals surface area contributed by atoms with Gasteiger partial charge in [0.25, 0.3) is 0 Å². The summed E-state index contributed by atoms with van der Waals surface area (Å²) in [5, 5.41) is 18.5. The topological polar surface area (TPSA) is 70.3 Å². The molecule has 4 heteroatoms. The number of benzene rings is 2. The highest BCUT2D eigenvalue weighted by Crippen LogP contribution is 2.27. The highest BCUT2D eigenvalue weighted by atomic mass is 16.5. The van der Waals surface area contributed by atoms with Gasteiger partial charge in [-0.25, -0.2) is 4.79 Å². The van der Waals surface area contributed by atoms with Crippen molar-refractivity contribution < 1.29 is 14.6 Å². The molecule has 0 amide bonds. The Morgan fingerprint density at radius 3 is 2.48 bits per heavy atom. The molecule has 2 aromatic carbocycles. The van der Waals surface area contributed by atoms with Crippen LogP contribution in [0.3, 0.4) is 0 Å². The summed E-state index contributed by atoms with van der Waals surface area (Å²) in [6.45, 7) is 2.08. The molecule has 1 N–H and O–H groups in total. The monoisotopic (exact) mass is 309 g/mol. The minimum atomic E-state index is -0.970. The zero-order chi connectivity index (χ0) is 16.8. The normalized spacial score (nSPS) is 11.5. The molecule has 0 bridgehead atoms. The molecule has 23 heavy (non-hydrogen) atoms. The van der Waals surface area contributed by atoms with Gasteiger partial charge in [-0.15, -0.1) is 0 Å². The van der Waals surface area contributed by atoms with Crippen molar-refractivity contribution in [3.63, 3.8) is 0 Å². The van der Waals surface area contributed by atoms with Crippen molar-refractivity contribution in [2.24, 2.45) is 0 Å². The molecule has 0 saturated carbocycles. The van der Waals surface area contributed by atoms with Crippen molar-refractivity contribution in [1.82, 2.24) is 0 Å². The lowest BCUT2D eigenvalue weighted by Gasteiger charge is -2.14. The zero-order valence-corrected chi connectivity index (χ0v) is 13.2. The van der Waals surface area contributed by atoms with Crippen molar-refractivity contribution in [3.8, 4) is 11.8 Å². The van der Waals surface area contributed by atoms with Gasteiger partial charge in [0.2, 0.25) is 0 Å². The maximum Gasteiger partial charge on any atom is 0.335 e. The number of carboxylic acids is 1. The molecule has 0 saturated heterocycles. The highest BCUT2D eigenvalue weighted by molar-refractivity contribution is 5.87. The van der Waals surface area contributed by atoms with Crippen LogP contribution >= 0.6 is 0 Å². The largest absolute Gasteiger partial charge is 0.496 e. The lowest BCUT2D eigenvalue weighted by molar-refractivity contribution is 0.0697. The molecule has 1 unspecified atom stereocenters. The van der Waals surface area contributed by atoms with Gasteiger partial charge in [-0.1, -0.05) is 31.2 Å². The first-order chi connectivity index (χ1) is 11.1. The fourth-order valence-corrected chi connectivity index (χ4v) is 2.53. The van der Waals surface area contributed by atoms with Crippen LogP contribution in [-0.4, -0.2) is 18.2 Å². The second-order valence-corrected chi connectivity index (χ2v) is 5.31. The number of methoxy groups -OCH3 is 1. The summed E-state index contributed by atoms with van der Waals surface area (Å²) in [6, 6.07) is 14.8. The average molecular weight is 309 g/mol. The second-order valence-electron chi connectivity index (χ2n) is 5.31. The van der Waals surface area contributed by atoms with Crippen LogP contribution < -0.4 is 4.74 Å². The summed E-state index contributed by atoms with van der Waals surface area (Å²) in [6.07, 6.45) is 1.45. The summed E-state index contributed by atoms with van der Waals surface area (Å²) < 4.78 is 5.39. The summed E-state index contributed by atoms with van der Waals surface area (Å²) >= 11 is 0. The molecule has 2 aromatic rings. The van der Waals surface area contributed by atoms with Gasteiger partial charge >= 0.3 is 5.97 Å². The van der Waals surface area contributed by atoms with Crippen LogP contribution in [0.2, 0.25) is 0 Å². The van der Waals surface area contributed by atoms with Crippen LogP contribution in [0.15, 0.2) is 42.5 Å². The zero-order valence-electron chi connectivity index (χ0n) is 13.2. The van der Waals surface area contributed by atoms with E-state index in [1.54, 1.807) is 19.2 Å². The number of nitriles is 1.